The van der Waals surface area contributed by atoms with Crippen LogP contribution in [0.1, 0.15) is 10.5 Å². The Morgan fingerprint density at radius 1 is 1.00 bits per heavy atom. The van der Waals surface area contributed by atoms with Crippen LogP contribution in [0.2, 0.25) is 0 Å². The molecule has 0 aliphatic heterocycles. The number of carbonyl (C=O) groups is 1. The predicted molar refractivity (Wildman–Crippen MR) is 102 cm³/mol. The van der Waals surface area contributed by atoms with E-state index in [4.69, 9.17) is 9.47 Å². The molecule has 0 saturated carbocycles. The molecule has 0 bridgehead atoms. The van der Waals surface area contributed by atoms with Gasteiger partial charge in [0.2, 0.25) is 0 Å². The van der Waals surface area contributed by atoms with E-state index in [1.807, 2.05) is 6.07 Å². The van der Waals surface area contributed by atoms with Gasteiger partial charge in [-0.2, -0.15) is 9.78 Å². The number of anilines is 1. The first kappa shape index (κ1) is 18.3. The molecule has 7 nitrogen and oxygen atoms in total. The van der Waals surface area contributed by atoms with Crippen molar-refractivity contribution in [2.24, 2.45) is 0 Å². The number of para-hydroxylation sites is 1. The first-order valence-corrected chi connectivity index (χ1v) is 8.36. The first-order chi connectivity index (χ1) is 13.2. The smallest absolute Gasteiger partial charge is 0.276 e. The minimum absolute atomic E-state index is 0.138. The van der Waals surface area contributed by atoms with Gasteiger partial charge >= 0.3 is 0 Å². The maximum Gasteiger partial charge on any atom is 0.276 e. The first-order valence-electron chi connectivity index (χ1n) is 8.36. The van der Waals surface area contributed by atoms with Gasteiger partial charge in [0, 0.05) is 18.9 Å². The minimum atomic E-state index is -0.410. The Bertz CT molecular complexity index is 953. The van der Waals surface area contributed by atoms with Gasteiger partial charge in [-0.15, -0.1) is 0 Å². The van der Waals surface area contributed by atoms with E-state index in [1.54, 1.807) is 55.6 Å². The normalized spacial score (nSPS) is 10.4. The van der Waals surface area contributed by atoms with Crippen molar-refractivity contribution >= 4 is 11.6 Å². The number of ether oxygens (including phenoxy) is 2. The lowest BCUT2D eigenvalue weighted by Crippen LogP contribution is -2.24. The molecule has 0 spiro atoms. The van der Waals surface area contributed by atoms with Crippen LogP contribution >= 0.6 is 0 Å². The summed E-state index contributed by atoms with van der Waals surface area (Å²) >= 11 is 0. The SMILES string of the molecule is COCCOc1ccc(NC(=O)c2ccc(=O)n(-c3ccccc3)n2)cc1. The standard InChI is InChI=1S/C20H19N3O4/c1-26-13-14-27-17-9-7-15(8-10-17)21-20(25)18-11-12-19(24)23(22-18)16-5-3-2-4-6-16/h2-12H,13-14H2,1H3,(H,21,25). The van der Waals surface area contributed by atoms with Crippen molar-refractivity contribution < 1.29 is 14.3 Å². The Morgan fingerprint density at radius 3 is 2.44 bits per heavy atom. The molecule has 1 amide bonds. The molecule has 138 valence electrons. The summed E-state index contributed by atoms with van der Waals surface area (Å²) < 4.78 is 11.6. The summed E-state index contributed by atoms with van der Waals surface area (Å²) in [5.41, 5.74) is 1.02. The molecule has 0 aliphatic rings. The summed E-state index contributed by atoms with van der Waals surface area (Å²) in [5, 5.41) is 6.91. The van der Waals surface area contributed by atoms with Gasteiger partial charge in [0.15, 0.2) is 0 Å². The van der Waals surface area contributed by atoms with Crippen LogP contribution in [0.4, 0.5) is 5.69 Å². The Morgan fingerprint density at radius 2 is 1.74 bits per heavy atom. The quantitative estimate of drug-likeness (QED) is 0.651. The molecule has 0 saturated heterocycles. The van der Waals surface area contributed by atoms with Crippen molar-refractivity contribution in [3.05, 3.63) is 82.8 Å². The maximum atomic E-state index is 12.5. The van der Waals surface area contributed by atoms with Gasteiger partial charge in [-0.1, -0.05) is 18.2 Å². The van der Waals surface area contributed by atoms with Crippen LogP contribution in [0.5, 0.6) is 5.75 Å². The molecule has 1 heterocycles. The number of benzene rings is 2. The van der Waals surface area contributed by atoms with Crippen molar-refractivity contribution in [3.63, 3.8) is 0 Å². The van der Waals surface area contributed by atoms with Gasteiger partial charge in [-0.05, 0) is 42.5 Å². The number of methoxy groups -OCH3 is 1. The number of amides is 1. The fourth-order valence-electron chi connectivity index (χ4n) is 2.36. The second kappa shape index (κ2) is 8.77. The molecule has 3 aromatic rings. The molecule has 0 atom stereocenters. The molecule has 2 aromatic carbocycles. The number of rotatable bonds is 7. The lowest BCUT2D eigenvalue weighted by atomic mass is 10.3. The number of hydrogen-bond acceptors (Lipinski definition) is 5. The van der Waals surface area contributed by atoms with Crippen LogP contribution in [0, 0.1) is 0 Å². The number of nitrogens with zero attached hydrogens (tertiary/aromatic N) is 2. The fraction of sp³-hybridized carbons (Fsp3) is 0.150. The number of nitrogens with one attached hydrogen (secondary N) is 1. The van der Waals surface area contributed by atoms with Crippen LogP contribution in [0.25, 0.3) is 5.69 Å². The molecule has 1 aromatic heterocycles. The highest BCUT2D eigenvalue weighted by Gasteiger charge is 2.11. The highest BCUT2D eigenvalue weighted by atomic mass is 16.5. The summed E-state index contributed by atoms with van der Waals surface area (Å²) in [5.74, 6) is 0.272. The van der Waals surface area contributed by atoms with E-state index >= 15 is 0 Å². The average molecular weight is 365 g/mol. The van der Waals surface area contributed by atoms with E-state index in [-0.39, 0.29) is 11.3 Å². The van der Waals surface area contributed by atoms with Gasteiger partial charge in [0.1, 0.15) is 18.1 Å². The Balaban J connectivity index is 1.72. The molecular formula is C20H19N3O4. The molecule has 7 heteroatoms. The average Bonchev–Trinajstić information content (AvgIpc) is 2.70. The molecule has 27 heavy (non-hydrogen) atoms. The molecule has 3 rings (SSSR count). The topological polar surface area (TPSA) is 82.5 Å². The van der Waals surface area contributed by atoms with Gasteiger partial charge in [-0.25, -0.2) is 0 Å². The van der Waals surface area contributed by atoms with Gasteiger partial charge in [-0.3, -0.25) is 9.59 Å². The number of carbonyl (C=O) groups excluding carboxylic acids is 1. The van der Waals surface area contributed by atoms with Crippen molar-refractivity contribution in [1.82, 2.24) is 9.78 Å². The Kier molecular flexibility index (Phi) is 5.96. The molecule has 0 unspecified atom stereocenters. The van der Waals surface area contributed by atoms with Gasteiger partial charge in [0.25, 0.3) is 11.5 Å². The van der Waals surface area contributed by atoms with Crippen molar-refractivity contribution in [1.29, 1.82) is 0 Å². The van der Waals surface area contributed by atoms with Gasteiger partial charge < -0.3 is 14.8 Å². The summed E-state index contributed by atoms with van der Waals surface area (Å²) in [6, 6.07) is 18.6. The van der Waals surface area contributed by atoms with Gasteiger partial charge in [0.05, 0.1) is 12.3 Å². The predicted octanol–water partition coefficient (Wildman–Crippen LogP) is 2.51. The maximum absolute atomic E-state index is 12.5. The summed E-state index contributed by atoms with van der Waals surface area (Å²) in [6.07, 6.45) is 0. The van der Waals surface area contributed by atoms with E-state index in [9.17, 15) is 9.59 Å². The van der Waals surface area contributed by atoms with E-state index in [0.29, 0.717) is 30.3 Å². The highest BCUT2D eigenvalue weighted by Crippen LogP contribution is 2.16. The van der Waals surface area contributed by atoms with E-state index in [0.717, 1.165) is 0 Å². The molecule has 1 N–H and O–H groups in total. The monoisotopic (exact) mass is 365 g/mol. The van der Waals surface area contributed by atoms with Crippen LogP contribution in [0.15, 0.2) is 71.5 Å². The lowest BCUT2D eigenvalue weighted by molar-refractivity contribution is 0.102. The van der Waals surface area contributed by atoms with Crippen molar-refractivity contribution in [2.45, 2.75) is 0 Å². The summed E-state index contributed by atoms with van der Waals surface area (Å²) in [4.78, 5) is 24.5. The van der Waals surface area contributed by atoms with Crippen LogP contribution in [-0.4, -0.2) is 36.0 Å². The Hall–Kier alpha value is -3.45. The van der Waals surface area contributed by atoms with Crippen LogP contribution in [0.3, 0.4) is 0 Å². The Labute approximate surface area is 156 Å². The zero-order chi connectivity index (χ0) is 19.1. The summed E-state index contributed by atoms with van der Waals surface area (Å²) in [7, 11) is 1.61. The summed E-state index contributed by atoms with van der Waals surface area (Å²) in [6.45, 7) is 0.953. The third kappa shape index (κ3) is 4.80. The second-order valence-electron chi connectivity index (χ2n) is 5.62. The van der Waals surface area contributed by atoms with E-state index in [1.165, 1.54) is 16.8 Å². The third-order valence-electron chi connectivity index (χ3n) is 3.70. The van der Waals surface area contributed by atoms with Crippen LogP contribution in [-0.2, 0) is 4.74 Å². The number of aromatic nitrogens is 2. The fourth-order valence-corrected chi connectivity index (χ4v) is 2.36. The van der Waals surface area contributed by atoms with Crippen LogP contribution < -0.4 is 15.6 Å². The zero-order valence-electron chi connectivity index (χ0n) is 14.8. The highest BCUT2D eigenvalue weighted by molar-refractivity contribution is 6.02. The largest absolute Gasteiger partial charge is 0.491 e. The third-order valence-corrected chi connectivity index (χ3v) is 3.70. The van der Waals surface area contributed by atoms with E-state index < -0.39 is 5.91 Å². The zero-order valence-corrected chi connectivity index (χ0v) is 14.8. The number of hydrogen-bond donors (Lipinski definition) is 1. The second-order valence-corrected chi connectivity index (χ2v) is 5.62. The van der Waals surface area contributed by atoms with Crippen molar-refractivity contribution in [3.8, 4) is 11.4 Å². The molecule has 0 fully saturated rings. The lowest BCUT2D eigenvalue weighted by Gasteiger charge is -2.09. The van der Waals surface area contributed by atoms with Crippen molar-refractivity contribution in [2.75, 3.05) is 25.6 Å². The molecule has 0 radical (unpaired) electrons. The minimum Gasteiger partial charge on any atom is -0.491 e. The molecule has 0 aliphatic carbocycles. The van der Waals surface area contributed by atoms with E-state index in [2.05, 4.69) is 10.4 Å². The molecular weight excluding hydrogens is 346 g/mol.